The van der Waals surface area contributed by atoms with Gasteiger partial charge in [-0.15, -0.1) is 0 Å². The predicted molar refractivity (Wildman–Crippen MR) is 137 cm³/mol. The lowest BCUT2D eigenvalue weighted by Crippen LogP contribution is -2.41. The van der Waals surface area contributed by atoms with E-state index in [9.17, 15) is 13.6 Å². The second kappa shape index (κ2) is 9.89. The minimum atomic E-state index is -1.75. The predicted octanol–water partition coefficient (Wildman–Crippen LogP) is 6.81. The summed E-state index contributed by atoms with van der Waals surface area (Å²) in [6, 6.07) is 11.5. The lowest BCUT2D eigenvalue weighted by Gasteiger charge is -2.36. The molecule has 2 fully saturated rings. The molecule has 2 aromatic rings. The number of ether oxygens (including phenoxy) is 1. The van der Waals surface area contributed by atoms with Crippen molar-refractivity contribution in [3.63, 3.8) is 0 Å². The summed E-state index contributed by atoms with van der Waals surface area (Å²) in [4.78, 5) is 13.8. The maximum atomic E-state index is 14.9. The van der Waals surface area contributed by atoms with E-state index in [1.54, 1.807) is 4.90 Å². The number of nitrogens with zero attached hydrogens (tertiary/aromatic N) is 1. The first-order chi connectivity index (χ1) is 16.5. The van der Waals surface area contributed by atoms with Crippen LogP contribution in [-0.2, 0) is 15.8 Å². The Morgan fingerprint density at radius 3 is 2.26 bits per heavy atom. The summed E-state index contributed by atoms with van der Waals surface area (Å²) in [6.07, 6.45) is 0.250. The number of hydrogen-bond donors (Lipinski definition) is 1. The van der Waals surface area contributed by atoms with Crippen molar-refractivity contribution in [2.24, 2.45) is 17.8 Å². The standard InChI is InChI=1S/C27H36F2N2O3Si/c1-27(2,3)35(4,5)34-12-11-20-21-15-31(16-22(20)21)25-23(28)13-19(14-24(25)29)30-26(32)33-17-18-9-7-6-8-10-18/h6-10,13-14,20-22H,11-12,15-17H2,1-5H3,(H,30,32)/t20?,21-,22+. The Balaban J connectivity index is 1.27. The fourth-order valence-electron chi connectivity index (χ4n) is 4.74. The number of amides is 1. The molecule has 1 aliphatic carbocycles. The third-order valence-electron chi connectivity index (χ3n) is 7.88. The van der Waals surface area contributed by atoms with Crippen molar-refractivity contribution < 1.29 is 22.7 Å². The Hall–Kier alpha value is -2.45. The van der Waals surface area contributed by atoms with Crippen LogP contribution >= 0.6 is 0 Å². The monoisotopic (exact) mass is 502 g/mol. The number of rotatable bonds is 8. The lowest BCUT2D eigenvalue weighted by atomic mass is 10.1. The summed E-state index contributed by atoms with van der Waals surface area (Å²) >= 11 is 0. The molecule has 190 valence electrons. The number of benzene rings is 2. The highest BCUT2D eigenvalue weighted by molar-refractivity contribution is 6.74. The van der Waals surface area contributed by atoms with Gasteiger partial charge in [0, 0.05) is 25.4 Å². The molecule has 0 aromatic heterocycles. The van der Waals surface area contributed by atoms with Crippen LogP contribution in [0.5, 0.6) is 0 Å². The van der Waals surface area contributed by atoms with Crippen molar-refractivity contribution in [1.82, 2.24) is 0 Å². The largest absolute Gasteiger partial charge is 0.444 e. The van der Waals surface area contributed by atoms with E-state index in [1.807, 2.05) is 30.3 Å². The number of nitrogens with one attached hydrogen (secondary N) is 1. The van der Waals surface area contributed by atoms with Crippen molar-refractivity contribution in [3.8, 4) is 0 Å². The highest BCUT2D eigenvalue weighted by atomic mass is 28.4. The average molecular weight is 503 g/mol. The Morgan fingerprint density at radius 2 is 1.69 bits per heavy atom. The molecule has 0 bridgehead atoms. The molecule has 1 unspecified atom stereocenters. The number of carbonyl (C=O) groups is 1. The maximum absolute atomic E-state index is 14.9. The minimum Gasteiger partial charge on any atom is -0.444 e. The second-order valence-corrected chi connectivity index (χ2v) is 16.1. The summed E-state index contributed by atoms with van der Waals surface area (Å²) < 4.78 is 41.2. The number of anilines is 2. The first-order valence-corrected chi connectivity index (χ1v) is 15.2. The molecule has 1 N–H and O–H groups in total. The molecule has 2 aliphatic rings. The SMILES string of the molecule is CC(C)(C)[Si](C)(C)OCCC1[C@H]2CN(c3c(F)cc(NC(=O)OCc4ccccc4)cc3F)C[C@@H]12. The van der Waals surface area contributed by atoms with E-state index in [0.717, 1.165) is 30.7 Å². The minimum absolute atomic E-state index is 0.0170. The zero-order chi connectivity index (χ0) is 25.4. The zero-order valence-electron chi connectivity index (χ0n) is 21.2. The smallest absolute Gasteiger partial charge is 0.411 e. The molecule has 1 saturated heterocycles. The van der Waals surface area contributed by atoms with Gasteiger partial charge in [-0.2, -0.15) is 0 Å². The van der Waals surface area contributed by atoms with E-state index in [2.05, 4.69) is 39.2 Å². The molecule has 3 atom stereocenters. The van der Waals surface area contributed by atoms with Crippen molar-refractivity contribution in [3.05, 3.63) is 59.7 Å². The van der Waals surface area contributed by atoms with E-state index in [4.69, 9.17) is 9.16 Å². The van der Waals surface area contributed by atoms with Crippen LogP contribution in [0.2, 0.25) is 18.1 Å². The Labute approximate surface area is 207 Å². The van der Waals surface area contributed by atoms with Gasteiger partial charge in [-0.1, -0.05) is 51.1 Å². The van der Waals surface area contributed by atoms with Crippen molar-refractivity contribution in [1.29, 1.82) is 0 Å². The van der Waals surface area contributed by atoms with Gasteiger partial charge in [-0.3, -0.25) is 5.32 Å². The fourth-order valence-corrected chi connectivity index (χ4v) is 5.80. The summed E-state index contributed by atoms with van der Waals surface area (Å²) in [5.74, 6) is 0.137. The molecule has 4 rings (SSSR count). The normalized spacial score (nSPS) is 21.6. The third kappa shape index (κ3) is 5.86. The van der Waals surface area contributed by atoms with Crippen molar-refractivity contribution >= 4 is 25.8 Å². The van der Waals surface area contributed by atoms with Gasteiger partial charge >= 0.3 is 6.09 Å². The Kier molecular flexibility index (Phi) is 7.25. The highest BCUT2D eigenvalue weighted by Gasteiger charge is 2.55. The van der Waals surface area contributed by atoms with E-state index in [1.165, 1.54) is 0 Å². The molecule has 2 aromatic carbocycles. The van der Waals surface area contributed by atoms with Crippen LogP contribution in [0.25, 0.3) is 0 Å². The molecule has 1 aliphatic heterocycles. The average Bonchev–Trinajstić information content (AvgIpc) is 3.21. The van der Waals surface area contributed by atoms with Gasteiger partial charge in [0.1, 0.15) is 12.3 Å². The van der Waals surface area contributed by atoms with Crippen LogP contribution in [0.15, 0.2) is 42.5 Å². The number of fused-ring (bicyclic) bond motifs is 1. The first-order valence-electron chi connectivity index (χ1n) is 12.3. The van der Waals surface area contributed by atoms with Gasteiger partial charge in [0.15, 0.2) is 20.0 Å². The summed E-state index contributed by atoms with van der Waals surface area (Å²) in [5, 5.41) is 2.60. The van der Waals surface area contributed by atoms with Crippen LogP contribution in [0, 0.1) is 29.4 Å². The van der Waals surface area contributed by atoms with Crippen LogP contribution in [0.4, 0.5) is 25.0 Å². The molecular weight excluding hydrogens is 466 g/mol. The molecular formula is C27H36F2N2O3Si. The molecule has 35 heavy (non-hydrogen) atoms. The van der Waals surface area contributed by atoms with Crippen LogP contribution in [-0.4, -0.2) is 34.1 Å². The van der Waals surface area contributed by atoms with E-state index in [0.29, 0.717) is 30.8 Å². The van der Waals surface area contributed by atoms with Gasteiger partial charge in [-0.05, 0) is 60.0 Å². The van der Waals surface area contributed by atoms with Crippen LogP contribution in [0.1, 0.15) is 32.8 Å². The Morgan fingerprint density at radius 1 is 1.09 bits per heavy atom. The summed E-state index contributed by atoms with van der Waals surface area (Å²) in [7, 11) is -1.75. The Bertz CT molecular complexity index is 1020. The molecule has 1 saturated carbocycles. The first kappa shape index (κ1) is 25.6. The van der Waals surface area contributed by atoms with Crippen molar-refractivity contribution in [2.45, 2.75) is 51.9 Å². The quantitative estimate of drug-likeness (QED) is 0.403. The van der Waals surface area contributed by atoms with Gasteiger partial charge < -0.3 is 14.1 Å². The number of hydrogen-bond acceptors (Lipinski definition) is 4. The van der Waals surface area contributed by atoms with Crippen molar-refractivity contribution in [2.75, 3.05) is 29.9 Å². The molecule has 8 heteroatoms. The summed E-state index contributed by atoms with van der Waals surface area (Å²) in [6.45, 7) is 13.4. The van der Waals surface area contributed by atoms with Gasteiger partial charge in [-0.25, -0.2) is 13.6 Å². The third-order valence-corrected chi connectivity index (χ3v) is 12.4. The maximum Gasteiger partial charge on any atom is 0.411 e. The zero-order valence-corrected chi connectivity index (χ0v) is 22.2. The molecule has 1 heterocycles. The fraction of sp³-hybridized carbons (Fsp3) is 0.519. The molecule has 0 radical (unpaired) electrons. The number of piperidine rings is 1. The second-order valence-electron chi connectivity index (χ2n) is 11.3. The number of halogens is 2. The van der Waals surface area contributed by atoms with E-state index < -0.39 is 26.0 Å². The van der Waals surface area contributed by atoms with Gasteiger partial charge in [0.05, 0.1) is 0 Å². The van der Waals surface area contributed by atoms with Crippen LogP contribution < -0.4 is 10.2 Å². The van der Waals surface area contributed by atoms with E-state index >= 15 is 0 Å². The van der Waals surface area contributed by atoms with Gasteiger partial charge in [0.2, 0.25) is 0 Å². The van der Waals surface area contributed by atoms with E-state index in [-0.39, 0.29) is 23.0 Å². The molecule has 1 amide bonds. The van der Waals surface area contributed by atoms with Crippen LogP contribution in [0.3, 0.4) is 0 Å². The molecule has 5 nitrogen and oxygen atoms in total. The highest BCUT2D eigenvalue weighted by Crippen LogP contribution is 2.55. The van der Waals surface area contributed by atoms with Gasteiger partial charge in [0.25, 0.3) is 0 Å². The number of carbonyl (C=O) groups excluding carboxylic acids is 1. The topological polar surface area (TPSA) is 50.8 Å². The molecule has 0 spiro atoms. The lowest BCUT2D eigenvalue weighted by molar-refractivity contribution is 0.155. The summed E-state index contributed by atoms with van der Waals surface area (Å²) in [5.41, 5.74) is 0.844.